The molecule has 1 spiro atoms. The number of nitrogens with one attached hydrogen (secondary N) is 1. The lowest BCUT2D eigenvalue weighted by Crippen LogP contribution is -2.62. The largest absolute Gasteiger partial charge is 0.455 e. The van der Waals surface area contributed by atoms with Gasteiger partial charge in [-0.2, -0.15) is 0 Å². The summed E-state index contributed by atoms with van der Waals surface area (Å²) in [7, 11) is 1.51. The molecular formula is C36H48BrN3O8. The molecule has 2 fully saturated rings. The Morgan fingerprint density at radius 2 is 1.81 bits per heavy atom. The molecule has 12 heteroatoms. The van der Waals surface area contributed by atoms with E-state index in [4.69, 9.17) is 14.2 Å². The molecule has 5 bridgehead atoms. The van der Waals surface area contributed by atoms with Crippen molar-refractivity contribution in [3.8, 4) is 0 Å². The number of fused-ring (bicyclic) bond motifs is 2. The van der Waals surface area contributed by atoms with Crippen LogP contribution in [0.5, 0.6) is 0 Å². The van der Waals surface area contributed by atoms with Crippen molar-refractivity contribution in [1.29, 1.82) is 0 Å². The number of nitrogens with zero attached hydrogens (tertiary/aromatic N) is 2. The van der Waals surface area contributed by atoms with Crippen molar-refractivity contribution < 1.29 is 38.5 Å². The molecule has 11 nitrogen and oxygen atoms in total. The van der Waals surface area contributed by atoms with E-state index < -0.39 is 65.2 Å². The minimum absolute atomic E-state index is 0.0624. The third kappa shape index (κ3) is 6.48. The number of benzene rings is 1. The van der Waals surface area contributed by atoms with Gasteiger partial charge in [-0.3, -0.25) is 19.2 Å². The number of methoxy groups -OCH3 is 1. The minimum Gasteiger partial charge on any atom is -0.455 e. The molecule has 262 valence electrons. The molecule has 3 amide bonds. The maximum Gasteiger partial charge on any atom is 0.313 e. The van der Waals surface area contributed by atoms with Gasteiger partial charge < -0.3 is 34.4 Å². The molecule has 4 aliphatic rings. The van der Waals surface area contributed by atoms with Gasteiger partial charge in [0.1, 0.15) is 29.8 Å². The van der Waals surface area contributed by atoms with Gasteiger partial charge in [-0.1, -0.05) is 78.7 Å². The number of rotatable bonds is 7. The second-order valence-electron chi connectivity index (χ2n) is 14.2. The van der Waals surface area contributed by atoms with Gasteiger partial charge in [-0.05, 0) is 44.7 Å². The van der Waals surface area contributed by atoms with Crippen LogP contribution >= 0.6 is 15.9 Å². The van der Waals surface area contributed by atoms with Crippen LogP contribution in [0.1, 0.15) is 65.5 Å². The number of hydrogen-bond donors (Lipinski definition) is 2. The average molecular weight is 731 g/mol. The molecular weight excluding hydrogens is 682 g/mol. The zero-order chi connectivity index (χ0) is 35.0. The van der Waals surface area contributed by atoms with Gasteiger partial charge in [0.2, 0.25) is 17.7 Å². The summed E-state index contributed by atoms with van der Waals surface area (Å²) in [5.41, 5.74) is -1.50. The molecule has 0 unspecified atom stereocenters. The summed E-state index contributed by atoms with van der Waals surface area (Å²) in [5.74, 6) is -4.05. The van der Waals surface area contributed by atoms with E-state index in [1.165, 1.54) is 12.0 Å². The summed E-state index contributed by atoms with van der Waals surface area (Å²) in [5, 5.41) is 13.7. The zero-order valence-corrected chi connectivity index (χ0v) is 30.1. The molecule has 0 saturated carbocycles. The van der Waals surface area contributed by atoms with Gasteiger partial charge in [0.25, 0.3) is 0 Å². The van der Waals surface area contributed by atoms with Crippen LogP contribution in [0.15, 0.2) is 53.0 Å². The van der Waals surface area contributed by atoms with Crippen LogP contribution in [-0.4, -0.2) is 101 Å². The van der Waals surface area contributed by atoms with Gasteiger partial charge >= 0.3 is 5.97 Å². The quantitative estimate of drug-likeness (QED) is 0.321. The predicted molar refractivity (Wildman–Crippen MR) is 181 cm³/mol. The van der Waals surface area contributed by atoms with E-state index in [-0.39, 0.29) is 43.9 Å². The third-order valence-corrected chi connectivity index (χ3v) is 10.9. The summed E-state index contributed by atoms with van der Waals surface area (Å²) in [6, 6.07) is 6.53. The fourth-order valence-corrected chi connectivity index (χ4v) is 8.36. The van der Waals surface area contributed by atoms with Crippen molar-refractivity contribution in [1.82, 2.24) is 15.1 Å². The zero-order valence-electron chi connectivity index (χ0n) is 28.6. The first kappa shape index (κ1) is 36.2. The van der Waals surface area contributed by atoms with E-state index in [1.54, 1.807) is 11.0 Å². The van der Waals surface area contributed by atoms with Gasteiger partial charge in [-0.25, -0.2) is 0 Å². The second kappa shape index (κ2) is 14.4. The number of esters is 1. The fraction of sp³-hybridized carbons (Fsp3) is 0.611. The van der Waals surface area contributed by atoms with Crippen LogP contribution in [-0.2, 0) is 33.4 Å². The minimum atomic E-state index is -1.48. The first-order valence-corrected chi connectivity index (χ1v) is 17.6. The monoisotopic (exact) mass is 729 g/mol. The molecule has 48 heavy (non-hydrogen) atoms. The lowest BCUT2D eigenvalue weighted by molar-refractivity contribution is -0.163. The van der Waals surface area contributed by atoms with Crippen molar-refractivity contribution in [3.05, 3.63) is 58.6 Å². The van der Waals surface area contributed by atoms with Crippen LogP contribution in [0.4, 0.5) is 0 Å². The summed E-state index contributed by atoms with van der Waals surface area (Å²) in [6.45, 7) is 9.59. The van der Waals surface area contributed by atoms with Crippen molar-refractivity contribution in [2.75, 3.05) is 26.9 Å². The summed E-state index contributed by atoms with van der Waals surface area (Å²) in [4.78, 5) is 60.6. The number of hydrogen-bond acceptors (Lipinski definition) is 8. The molecule has 2 saturated heterocycles. The molecule has 1 aromatic rings. The number of ether oxygens (including phenoxy) is 3. The lowest BCUT2D eigenvalue weighted by Gasteiger charge is -2.43. The number of likely N-dealkylation sites (tertiary alicyclic amines) is 1. The number of cyclic esters (lactones) is 1. The molecule has 4 heterocycles. The fourth-order valence-electron chi connectivity index (χ4n) is 7.62. The predicted octanol–water partition coefficient (Wildman–Crippen LogP) is 3.66. The number of aliphatic hydroxyl groups is 1. The number of aliphatic hydroxyl groups excluding tert-OH is 1. The third-order valence-electron chi connectivity index (χ3n) is 10.2. The number of halogens is 1. The van der Waals surface area contributed by atoms with Crippen LogP contribution < -0.4 is 5.32 Å². The van der Waals surface area contributed by atoms with Gasteiger partial charge in [0.15, 0.2) is 0 Å². The van der Waals surface area contributed by atoms with Gasteiger partial charge in [0.05, 0.1) is 31.2 Å². The van der Waals surface area contributed by atoms with Crippen molar-refractivity contribution >= 4 is 39.6 Å². The van der Waals surface area contributed by atoms with E-state index in [0.29, 0.717) is 22.9 Å². The SMILES string of the molecule is CC[C@H](C)[C@H](CO)N1C(=O)[C@H]2[C@@H]3C(=O)O[C@H](c4ccccc4)[C@@H](COC)NC(=O)CC/C=C\CN(C(C)(C)C)C(=O)[C@H]1[C@@]21C=C(Br)[C@@H]3O1. The first-order chi connectivity index (χ1) is 22.8. The molecule has 2 N–H and O–H groups in total. The standard InChI is InChI=1S/C36H48BrN3O8/c1-7-21(2)25(19-41)40-31-33(44)39(35(3,4)5)17-13-9-12-16-26(42)38-24(20-46-6)29(22-14-10-8-11-15-22)47-34(45)27-28(32(40)43)36(31)18-23(37)30(27)48-36/h8-11,13-15,18,21,24-25,27-31,41H,7,12,16-17,19-20H2,1-6H3,(H,38,42)/b13-9-/t21-,24+,25-,27-,28+,29+,30-,31-,36+/m0/s1. The molecule has 1 aromatic carbocycles. The lowest BCUT2D eigenvalue weighted by atomic mass is 9.74. The Morgan fingerprint density at radius 1 is 1.10 bits per heavy atom. The Balaban J connectivity index is 1.68. The van der Waals surface area contributed by atoms with Crippen molar-refractivity contribution in [2.24, 2.45) is 17.8 Å². The van der Waals surface area contributed by atoms with Crippen LogP contribution in [0.3, 0.4) is 0 Å². The number of amides is 3. The molecule has 0 radical (unpaired) electrons. The Morgan fingerprint density at radius 3 is 2.44 bits per heavy atom. The number of carbonyl (C=O) groups is 4. The smallest absolute Gasteiger partial charge is 0.313 e. The average Bonchev–Trinajstić information content (AvgIpc) is 3.64. The number of allylic oxidation sites excluding steroid dienone is 1. The van der Waals surface area contributed by atoms with E-state index in [2.05, 4.69) is 21.2 Å². The Hall–Kier alpha value is -3.06. The van der Waals surface area contributed by atoms with Crippen molar-refractivity contribution in [2.45, 2.75) is 95.4 Å². The molecule has 4 aliphatic heterocycles. The number of carbonyl (C=O) groups excluding carboxylic acids is 4. The van der Waals surface area contributed by atoms with Crippen LogP contribution in [0.25, 0.3) is 0 Å². The van der Waals surface area contributed by atoms with Crippen LogP contribution in [0, 0.1) is 17.8 Å². The summed E-state index contributed by atoms with van der Waals surface area (Å²) in [6.07, 6.45) is 4.92. The molecule has 9 atom stereocenters. The Labute approximate surface area is 291 Å². The van der Waals surface area contributed by atoms with Gasteiger partial charge in [0, 0.05) is 30.1 Å². The summed E-state index contributed by atoms with van der Waals surface area (Å²) >= 11 is 3.61. The molecule has 0 aliphatic carbocycles. The summed E-state index contributed by atoms with van der Waals surface area (Å²) < 4.78 is 19.0. The highest BCUT2D eigenvalue weighted by atomic mass is 79.9. The maximum absolute atomic E-state index is 14.9. The highest BCUT2D eigenvalue weighted by Crippen LogP contribution is 2.59. The van der Waals surface area contributed by atoms with E-state index >= 15 is 0 Å². The second-order valence-corrected chi connectivity index (χ2v) is 15.2. The molecule has 0 aromatic heterocycles. The Bertz CT molecular complexity index is 1440. The first-order valence-electron chi connectivity index (χ1n) is 16.8. The highest BCUT2D eigenvalue weighted by Gasteiger charge is 2.76. The van der Waals surface area contributed by atoms with E-state index in [9.17, 15) is 24.3 Å². The maximum atomic E-state index is 14.9. The Kier molecular flexibility index (Phi) is 10.9. The van der Waals surface area contributed by atoms with E-state index in [0.717, 1.165) is 0 Å². The normalized spacial score (nSPS) is 33.2. The van der Waals surface area contributed by atoms with Gasteiger partial charge in [-0.15, -0.1) is 0 Å². The van der Waals surface area contributed by atoms with E-state index in [1.807, 2.05) is 77.1 Å². The van der Waals surface area contributed by atoms with Crippen molar-refractivity contribution in [3.63, 3.8) is 0 Å². The highest BCUT2D eigenvalue weighted by molar-refractivity contribution is 9.11. The molecule has 5 rings (SSSR count). The topological polar surface area (TPSA) is 135 Å². The van der Waals surface area contributed by atoms with Crippen LogP contribution in [0.2, 0.25) is 0 Å².